The summed E-state index contributed by atoms with van der Waals surface area (Å²) in [5, 5.41) is 0.718. The van der Waals surface area contributed by atoms with Crippen molar-refractivity contribution in [3.05, 3.63) is 34.9 Å². The Hall–Kier alpha value is -0.240. The summed E-state index contributed by atoms with van der Waals surface area (Å²) < 4.78 is 0. The summed E-state index contributed by atoms with van der Waals surface area (Å²) >= 11 is 11.3. The highest BCUT2D eigenvalue weighted by Crippen LogP contribution is 2.15. The molecule has 0 saturated heterocycles. The van der Waals surface area contributed by atoms with Crippen LogP contribution in [0.15, 0.2) is 24.3 Å². The number of hydrogen-bond donors (Lipinski definition) is 1. The zero-order valence-corrected chi connectivity index (χ0v) is 7.44. The number of alkyl halides is 1. The molecule has 1 aromatic carbocycles. The Labute approximate surface area is 76.1 Å². The van der Waals surface area contributed by atoms with E-state index in [1.807, 2.05) is 24.3 Å². The van der Waals surface area contributed by atoms with Crippen LogP contribution in [0.25, 0.3) is 0 Å². The molecule has 3 heteroatoms. The number of rotatable bonds is 2. The van der Waals surface area contributed by atoms with Gasteiger partial charge in [-0.3, -0.25) is 0 Å². The van der Waals surface area contributed by atoms with Crippen molar-refractivity contribution in [2.75, 3.05) is 5.88 Å². The number of nitrogens with two attached hydrogens (primary N) is 1. The zero-order valence-electron chi connectivity index (χ0n) is 5.93. The fourth-order valence-corrected chi connectivity index (χ4v) is 1.10. The van der Waals surface area contributed by atoms with E-state index < -0.39 is 0 Å². The van der Waals surface area contributed by atoms with Crippen LogP contribution in [0.3, 0.4) is 0 Å². The molecule has 0 fully saturated rings. The lowest BCUT2D eigenvalue weighted by Crippen LogP contribution is -2.10. The maximum atomic E-state index is 5.69. The second-order valence-corrected chi connectivity index (χ2v) is 3.06. The molecule has 1 unspecified atom stereocenters. The van der Waals surface area contributed by atoms with Gasteiger partial charge in [0, 0.05) is 16.9 Å². The molecule has 1 aromatic rings. The first kappa shape index (κ1) is 8.85. The maximum absolute atomic E-state index is 5.69. The minimum absolute atomic E-state index is 0.0890. The standard InChI is InChI=1S/C8H9Cl2N/c9-5-8(11)6-1-3-7(10)4-2-6/h1-4,8H,5,11H2. The molecular weight excluding hydrogens is 181 g/mol. The van der Waals surface area contributed by atoms with Crippen LogP contribution >= 0.6 is 23.2 Å². The molecule has 1 nitrogen and oxygen atoms in total. The lowest BCUT2D eigenvalue weighted by molar-refractivity contribution is 0.826. The monoisotopic (exact) mass is 189 g/mol. The van der Waals surface area contributed by atoms with Crippen LogP contribution in [0.2, 0.25) is 5.02 Å². The summed E-state index contributed by atoms with van der Waals surface area (Å²) in [6, 6.07) is 7.30. The van der Waals surface area contributed by atoms with Crippen molar-refractivity contribution in [1.29, 1.82) is 0 Å². The van der Waals surface area contributed by atoms with Gasteiger partial charge in [0.25, 0.3) is 0 Å². The van der Waals surface area contributed by atoms with Crippen molar-refractivity contribution in [1.82, 2.24) is 0 Å². The smallest absolute Gasteiger partial charge is 0.0432 e. The summed E-state index contributed by atoms with van der Waals surface area (Å²) in [5.41, 5.74) is 6.69. The second kappa shape index (κ2) is 3.96. The van der Waals surface area contributed by atoms with Gasteiger partial charge in [-0.1, -0.05) is 23.7 Å². The first-order valence-corrected chi connectivity index (χ1v) is 4.22. The predicted molar refractivity (Wildman–Crippen MR) is 49.1 cm³/mol. The van der Waals surface area contributed by atoms with Gasteiger partial charge in [0.1, 0.15) is 0 Å². The molecule has 0 aromatic heterocycles. The molecule has 1 atom stereocenters. The topological polar surface area (TPSA) is 26.0 Å². The van der Waals surface area contributed by atoms with Gasteiger partial charge in [-0.05, 0) is 17.7 Å². The Bertz CT molecular complexity index is 220. The maximum Gasteiger partial charge on any atom is 0.0432 e. The van der Waals surface area contributed by atoms with Gasteiger partial charge in [-0.15, -0.1) is 11.6 Å². The van der Waals surface area contributed by atoms with Crippen LogP contribution in [0, 0.1) is 0 Å². The summed E-state index contributed by atoms with van der Waals surface area (Å²) in [6.45, 7) is 0. The van der Waals surface area contributed by atoms with Gasteiger partial charge < -0.3 is 5.73 Å². The van der Waals surface area contributed by atoms with E-state index in [9.17, 15) is 0 Å². The Balaban J connectivity index is 2.81. The van der Waals surface area contributed by atoms with Gasteiger partial charge in [-0.2, -0.15) is 0 Å². The summed E-state index contributed by atoms with van der Waals surface area (Å²) in [5.74, 6) is 0.432. The van der Waals surface area contributed by atoms with Crippen LogP contribution in [0.5, 0.6) is 0 Å². The molecule has 0 saturated carbocycles. The largest absolute Gasteiger partial charge is 0.323 e. The van der Waals surface area contributed by atoms with Crippen molar-refractivity contribution in [2.45, 2.75) is 6.04 Å². The van der Waals surface area contributed by atoms with E-state index in [0.29, 0.717) is 5.88 Å². The number of benzene rings is 1. The highest BCUT2D eigenvalue weighted by atomic mass is 35.5. The SMILES string of the molecule is NC(CCl)c1ccc(Cl)cc1. The van der Waals surface area contributed by atoms with Crippen LogP contribution in [0.4, 0.5) is 0 Å². The molecule has 1 rings (SSSR count). The highest BCUT2D eigenvalue weighted by molar-refractivity contribution is 6.30. The van der Waals surface area contributed by atoms with E-state index in [2.05, 4.69) is 0 Å². The van der Waals surface area contributed by atoms with Gasteiger partial charge in [0.15, 0.2) is 0 Å². The average molecular weight is 190 g/mol. The Morgan fingerprint density at radius 1 is 1.27 bits per heavy atom. The van der Waals surface area contributed by atoms with Gasteiger partial charge in [0.05, 0.1) is 0 Å². The molecule has 11 heavy (non-hydrogen) atoms. The minimum atomic E-state index is -0.0890. The summed E-state index contributed by atoms with van der Waals surface area (Å²) in [7, 11) is 0. The van der Waals surface area contributed by atoms with Crippen LogP contribution in [-0.2, 0) is 0 Å². The molecule has 0 aliphatic rings. The summed E-state index contributed by atoms with van der Waals surface area (Å²) in [4.78, 5) is 0. The van der Waals surface area contributed by atoms with E-state index in [0.717, 1.165) is 10.6 Å². The second-order valence-electron chi connectivity index (χ2n) is 2.31. The van der Waals surface area contributed by atoms with E-state index >= 15 is 0 Å². The Morgan fingerprint density at radius 2 is 1.82 bits per heavy atom. The lowest BCUT2D eigenvalue weighted by atomic mass is 10.1. The third-order valence-corrected chi connectivity index (χ3v) is 2.05. The molecule has 0 aliphatic heterocycles. The Kier molecular flexibility index (Phi) is 3.18. The first-order chi connectivity index (χ1) is 5.24. The zero-order chi connectivity index (χ0) is 8.27. The van der Waals surface area contributed by atoms with Crippen molar-refractivity contribution in [3.63, 3.8) is 0 Å². The fourth-order valence-electron chi connectivity index (χ4n) is 0.799. The molecule has 0 heterocycles. The first-order valence-electron chi connectivity index (χ1n) is 3.31. The van der Waals surface area contributed by atoms with E-state index in [4.69, 9.17) is 28.9 Å². The van der Waals surface area contributed by atoms with Crippen molar-refractivity contribution < 1.29 is 0 Å². The molecule has 2 N–H and O–H groups in total. The predicted octanol–water partition coefficient (Wildman–Crippen LogP) is 2.58. The Morgan fingerprint density at radius 3 is 2.27 bits per heavy atom. The fraction of sp³-hybridized carbons (Fsp3) is 0.250. The van der Waals surface area contributed by atoms with Crippen LogP contribution in [-0.4, -0.2) is 5.88 Å². The number of hydrogen-bond acceptors (Lipinski definition) is 1. The molecule has 0 bridgehead atoms. The summed E-state index contributed by atoms with van der Waals surface area (Å²) in [6.07, 6.45) is 0. The van der Waals surface area contributed by atoms with E-state index in [-0.39, 0.29) is 6.04 Å². The third kappa shape index (κ3) is 2.37. The van der Waals surface area contributed by atoms with Crippen LogP contribution < -0.4 is 5.73 Å². The van der Waals surface area contributed by atoms with E-state index in [1.54, 1.807) is 0 Å². The molecule has 0 radical (unpaired) electrons. The van der Waals surface area contributed by atoms with Gasteiger partial charge in [0.2, 0.25) is 0 Å². The van der Waals surface area contributed by atoms with Gasteiger partial charge in [-0.25, -0.2) is 0 Å². The van der Waals surface area contributed by atoms with Crippen molar-refractivity contribution in [3.8, 4) is 0 Å². The van der Waals surface area contributed by atoms with Crippen molar-refractivity contribution in [2.24, 2.45) is 5.73 Å². The van der Waals surface area contributed by atoms with Crippen LogP contribution in [0.1, 0.15) is 11.6 Å². The van der Waals surface area contributed by atoms with Crippen molar-refractivity contribution >= 4 is 23.2 Å². The number of halogens is 2. The third-order valence-electron chi connectivity index (χ3n) is 1.46. The van der Waals surface area contributed by atoms with Gasteiger partial charge >= 0.3 is 0 Å². The molecule has 0 aliphatic carbocycles. The molecule has 0 spiro atoms. The molecular formula is C8H9Cl2N. The molecule has 60 valence electrons. The highest BCUT2D eigenvalue weighted by Gasteiger charge is 2.02. The lowest BCUT2D eigenvalue weighted by Gasteiger charge is -2.06. The minimum Gasteiger partial charge on any atom is -0.323 e. The van der Waals surface area contributed by atoms with E-state index in [1.165, 1.54) is 0 Å². The normalized spacial score (nSPS) is 13.0. The quantitative estimate of drug-likeness (QED) is 0.712. The average Bonchev–Trinajstić information content (AvgIpc) is 2.05. The molecule has 0 amide bonds.